The summed E-state index contributed by atoms with van der Waals surface area (Å²) in [7, 11) is 0. The van der Waals surface area contributed by atoms with Gasteiger partial charge in [0.25, 0.3) is 5.91 Å². The lowest BCUT2D eigenvalue weighted by molar-refractivity contribution is -0.118. The van der Waals surface area contributed by atoms with Gasteiger partial charge in [0, 0.05) is 18.9 Å². The lowest BCUT2D eigenvalue weighted by Gasteiger charge is -2.14. The molecule has 0 spiro atoms. The van der Waals surface area contributed by atoms with Crippen molar-refractivity contribution in [2.24, 2.45) is 0 Å². The molecule has 1 saturated heterocycles. The summed E-state index contributed by atoms with van der Waals surface area (Å²) in [6, 6.07) is 8.97. The Labute approximate surface area is 116 Å². The van der Waals surface area contributed by atoms with Crippen molar-refractivity contribution < 1.29 is 9.90 Å². The second kappa shape index (κ2) is 5.36. The average molecular weight is 270 g/mol. The van der Waals surface area contributed by atoms with Gasteiger partial charge in [0.2, 0.25) is 0 Å². The quantitative estimate of drug-likeness (QED) is 0.854. The zero-order chi connectivity index (χ0) is 13.9. The molecule has 0 aliphatic carbocycles. The number of carbonyl (C=O) groups is 1. The SMILES string of the molecule is O=C1C(c2ccc(CO)nc2)CNN1c1ccccn1. The van der Waals surface area contributed by atoms with Crippen LogP contribution in [0.1, 0.15) is 17.2 Å². The first-order valence-corrected chi connectivity index (χ1v) is 6.34. The number of nitrogens with one attached hydrogen (secondary N) is 1. The number of hydrogen-bond acceptors (Lipinski definition) is 5. The van der Waals surface area contributed by atoms with Crippen LogP contribution in [0.5, 0.6) is 0 Å². The minimum Gasteiger partial charge on any atom is -0.390 e. The highest BCUT2D eigenvalue weighted by Gasteiger charge is 2.34. The molecule has 6 heteroatoms. The number of aromatic nitrogens is 2. The Balaban J connectivity index is 1.81. The molecule has 1 unspecified atom stereocenters. The fourth-order valence-corrected chi connectivity index (χ4v) is 2.18. The highest BCUT2D eigenvalue weighted by atomic mass is 16.3. The number of anilines is 1. The van der Waals surface area contributed by atoms with Gasteiger partial charge in [-0.3, -0.25) is 9.78 Å². The van der Waals surface area contributed by atoms with Crippen LogP contribution in [0.2, 0.25) is 0 Å². The van der Waals surface area contributed by atoms with Gasteiger partial charge in [-0.05, 0) is 23.8 Å². The van der Waals surface area contributed by atoms with E-state index in [1.165, 1.54) is 5.01 Å². The van der Waals surface area contributed by atoms with Gasteiger partial charge in [-0.25, -0.2) is 15.4 Å². The fraction of sp³-hybridized carbons (Fsp3) is 0.214. The van der Waals surface area contributed by atoms with E-state index in [1.54, 1.807) is 30.6 Å². The lowest BCUT2D eigenvalue weighted by atomic mass is 10.0. The third kappa shape index (κ3) is 2.26. The third-order valence-electron chi connectivity index (χ3n) is 3.26. The number of rotatable bonds is 3. The summed E-state index contributed by atoms with van der Waals surface area (Å²) < 4.78 is 0. The zero-order valence-electron chi connectivity index (χ0n) is 10.7. The number of amides is 1. The normalized spacial score (nSPS) is 18.6. The predicted molar refractivity (Wildman–Crippen MR) is 72.6 cm³/mol. The van der Waals surface area contributed by atoms with E-state index < -0.39 is 0 Å². The molecule has 102 valence electrons. The molecule has 6 nitrogen and oxygen atoms in total. The Hall–Kier alpha value is -2.31. The van der Waals surface area contributed by atoms with E-state index in [-0.39, 0.29) is 18.4 Å². The molecule has 1 aliphatic heterocycles. The molecule has 1 amide bonds. The van der Waals surface area contributed by atoms with E-state index in [0.717, 1.165) is 5.56 Å². The van der Waals surface area contributed by atoms with Gasteiger partial charge in [-0.2, -0.15) is 0 Å². The van der Waals surface area contributed by atoms with Crippen LogP contribution in [0.4, 0.5) is 5.82 Å². The number of hydrazine groups is 1. The summed E-state index contributed by atoms with van der Waals surface area (Å²) in [4.78, 5) is 20.7. The van der Waals surface area contributed by atoms with Gasteiger partial charge in [-0.1, -0.05) is 12.1 Å². The molecule has 1 fully saturated rings. The molecule has 0 saturated carbocycles. The molecule has 1 atom stereocenters. The lowest BCUT2D eigenvalue weighted by Crippen LogP contribution is -2.35. The van der Waals surface area contributed by atoms with Crippen molar-refractivity contribution in [2.75, 3.05) is 11.6 Å². The van der Waals surface area contributed by atoms with Crippen molar-refractivity contribution in [1.29, 1.82) is 0 Å². The van der Waals surface area contributed by atoms with E-state index in [4.69, 9.17) is 5.11 Å². The second-order valence-corrected chi connectivity index (χ2v) is 4.52. The maximum absolute atomic E-state index is 12.4. The molecule has 2 N–H and O–H groups in total. The average Bonchev–Trinajstić information content (AvgIpc) is 2.90. The first kappa shape index (κ1) is 12.7. The Bertz CT molecular complexity index is 600. The first-order chi connectivity index (χ1) is 9.79. The minimum absolute atomic E-state index is 0.0535. The summed E-state index contributed by atoms with van der Waals surface area (Å²) in [5.41, 5.74) is 4.47. The van der Waals surface area contributed by atoms with Crippen molar-refractivity contribution in [3.63, 3.8) is 0 Å². The van der Waals surface area contributed by atoms with Crippen molar-refractivity contribution in [3.8, 4) is 0 Å². The number of pyridine rings is 2. The van der Waals surface area contributed by atoms with Crippen LogP contribution < -0.4 is 10.4 Å². The third-order valence-corrected chi connectivity index (χ3v) is 3.26. The van der Waals surface area contributed by atoms with Crippen molar-refractivity contribution in [1.82, 2.24) is 15.4 Å². The zero-order valence-corrected chi connectivity index (χ0v) is 10.7. The summed E-state index contributed by atoms with van der Waals surface area (Å²) in [5.74, 6) is 0.249. The van der Waals surface area contributed by atoms with E-state index in [0.29, 0.717) is 18.1 Å². The summed E-state index contributed by atoms with van der Waals surface area (Å²) in [6.45, 7) is 0.409. The smallest absolute Gasteiger partial charge is 0.251 e. The van der Waals surface area contributed by atoms with Gasteiger partial charge in [0.1, 0.15) is 5.82 Å². The maximum Gasteiger partial charge on any atom is 0.251 e. The largest absolute Gasteiger partial charge is 0.390 e. The van der Waals surface area contributed by atoms with E-state index >= 15 is 0 Å². The fourth-order valence-electron chi connectivity index (χ4n) is 2.18. The molecular formula is C14H14N4O2. The van der Waals surface area contributed by atoms with Crippen molar-refractivity contribution >= 4 is 11.7 Å². The number of carbonyl (C=O) groups excluding carboxylic acids is 1. The van der Waals surface area contributed by atoms with Crippen LogP contribution in [0, 0.1) is 0 Å². The standard InChI is InChI=1S/C14H14N4O2/c19-9-11-5-4-10(7-16-11)12-8-17-18(14(12)20)13-3-1-2-6-15-13/h1-7,12,17,19H,8-9H2. The predicted octanol–water partition coefficient (Wildman–Crippen LogP) is 0.604. The van der Waals surface area contributed by atoms with Crippen molar-refractivity contribution in [3.05, 3.63) is 54.0 Å². The summed E-state index contributed by atoms with van der Waals surface area (Å²) >= 11 is 0. The minimum atomic E-state index is -0.280. The summed E-state index contributed by atoms with van der Waals surface area (Å²) in [6.07, 6.45) is 3.28. The molecule has 0 aromatic carbocycles. The monoisotopic (exact) mass is 270 g/mol. The van der Waals surface area contributed by atoms with E-state index in [2.05, 4.69) is 15.4 Å². The molecule has 0 radical (unpaired) electrons. The Morgan fingerprint density at radius 1 is 1.30 bits per heavy atom. The van der Waals surface area contributed by atoms with Crippen LogP contribution >= 0.6 is 0 Å². The number of nitrogens with zero attached hydrogens (tertiary/aromatic N) is 3. The molecule has 2 aromatic rings. The van der Waals surface area contributed by atoms with Crippen LogP contribution in [0.15, 0.2) is 42.7 Å². The molecule has 20 heavy (non-hydrogen) atoms. The number of aliphatic hydroxyl groups is 1. The van der Waals surface area contributed by atoms with Crippen LogP contribution in [0.3, 0.4) is 0 Å². The van der Waals surface area contributed by atoms with Crippen LogP contribution in [-0.2, 0) is 11.4 Å². The summed E-state index contributed by atoms with van der Waals surface area (Å²) in [5, 5.41) is 10.4. The Kier molecular flexibility index (Phi) is 3.41. The second-order valence-electron chi connectivity index (χ2n) is 4.52. The van der Waals surface area contributed by atoms with E-state index in [9.17, 15) is 4.79 Å². The topological polar surface area (TPSA) is 78.3 Å². The molecule has 3 rings (SSSR count). The molecule has 0 bridgehead atoms. The molecule has 3 heterocycles. The van der Waals surface area contributed by atoms with Crippen LogP contribution in [-0.4, -0.2) is 27.5 Å². The molecule has 1 aliphatic rings. The van der Waals surface area contributed by atoms with E-state index in [1.807, 2.05) is 12.1 Å². The van der Waals surface area contributed by atoms with Gasteiger partial charge >= 0.3 is 0 Å². The number of aliphatic hydroxyl groups excluding tert-OH is 1. The first-order valence-electron chi connectivity index (χ1n) is 6.34. The maximum atomic E-state index is 12.4. The number of hydrogen-bond donors (Lipinski definition) is 2. The Morgan fingerprint density at radius 3 is 2.85 bits per heavy atom. The van der Waals surface area contributed by atoms with Crippen molar-refractivity contribution in [2.45, 2.75) is 12.5 Å². The molecular weight excluding hydrogens is 256 g/mol. The highest BCUT2D eigenvalue weighted by Crippen LogP contribution is 2.24. The van der Waals surface area contributed by atoms with Gasteiger partial charge in [0.05, 0.1) is 18.2 Å². The highest BCUT2D eigenvalue weighted by molar-refractivity contribution is 5.98. The van der Waals surface area contributed by atoms with Gasteiger partial charge in [0.15, 0.2) is 0 Å². The molecule has 2 aromatic heterocycles. The Morgan fingerprint density at radius 2 is 2.20 bits per heavy atom. The van der Waals surface area contributed by atoms with Gasteiger partial charge < -0.3 is 5.11 Å². The van der Waals surface area contributed by atoms with Crippen LogP contribution in [0.25, 0.3) is 0 Å². The van der Waals surface area contributed by atoms with Gasteiger partial charge in [-0.15, -0.1) is 0 Å².